The molecule has 1 rings (SSSR count). The third kappa shape index (κ3) is 2.71. The Morgan fingerprint density at radius 1 is 1.54 bits per heavy atom. The molecule has 13 heavy (non-hydrogen) atoms. The number of pyridine rings is 1. The summed E-state index contributed by atoms with van der Waals surface area (Å²) in [5.41, 5.74) is 3.14. The topological polar surface area (TPSA) is 12.9 Å². The van der Waals surface area contributed by atoms with Crippen molar-refractivity contribution >= 4 is 17.7 Å². The first-order valence-electron chi connectivity index (χ1n) is 4.07. The molecule has 0 unspecified atom stereocenters. The number of allylic oxidation sites excluding steroid dienone is 2. The number of aryl methyl sites for hydroxylation is 1. The zero-order chi connectivity index (χ0) is 9.84. The van der Waals surface area contributed by atoms with Crippen LogP contribution < -0.4 is 0 Å². The van der Waals surface area contributed by atoms with Gasteiger partial charge in [-0.2, -0.15) is 0 Å². The Morgan fingerprint density at radius 3 is 2.77 bits per heavy atom. The van der Waals surface area contributed by atoms with Crippen LogP contribution in [-0.4, -0.2) is 4.98 Å². The summed E-state index contributed by atoms with van der Waals surface area (Å²) in [6.07, 6.45) is 3.85. The molecular formula is C11H12ClN. The lowest BCUT2D eigenvalue weighted by Gasteiger charge is -2.00. The molecule has 2 heteroatoms. The normalized spacial score (nSPS) is 11.5. The average Bonchev–Trinajstić information content (AvgIpc) is 2.09. The van der Waals surface area contributed by atoms with Crippen molar-refractivity contribution in [2.24, 2.45) is 0 Å². The van der Waals surface area contributed by atoms with Crippen LogP contribution in [0, 0.1) is 6.92 Å². The highest BCUT2D eigenvalue weighted by Gasteiger charge is 1.96. The summed E-state index contributed by atoms with van der Waals surface area (Å²) < 4.78 is 0. The Hall–Kier alpha value is -1.08. The molecule has 0 fully saturated rings. The first kappa shape index (κ1) is 10.0. The predicted octanol–water partition coefficient (Wildman–Crippen LogP) is 3.63. The molecule has 0 spiro atoms. The minimum Gasteiger partial charge on any atom is -0.241 e. The molecule has 0 radical (unpaired) electrons. The van der Waals surface area contributed by atoms with Gasteiger partial charge in [0.25, 0.3) is 0 Å². The summed E-state index contributed by atoms with van der Waals surface area (Å²) >= 11 is 5.74. The lowest BCUT2D eigenvalue weighted by atomic mass is 10.1. The van der Waals surface area contributed by atoms with E-state index >= 15 is 0 Å². The first-order chi connectivity index (χ1) is 6.13. The fraction of sp³-hybridized carbons (Fsp3) is 0.182. The van der Waals surface area contributed by atoms with Crippen molar-refractivity contribution in [1.29, 1.82) is 0 Å². The summed E-state index contributed by atoms with van der Waals surface area (Å²) in [5.74, 6) is 0. The van der Waals surface area contributed by atoms with Gasteiger partial charge in [0.05, 0.1) is 0 Å². The van der Waals surface area contributed by atoms with E-state index in [1.165, 1.54) is 0 Å². The third-order valence-electron chi connectivity index (χ3n) is 1.80. The fourth-order valence-electron chi connectivity index (χ4n) is 0.998. The van der Waals surface area contributed by atoms with Crippen molar-refractivity contribution < 1.29 is 0 Å². The molecule has 1 aromatic heterocycles. The average molecular weight is 194 g/mol. The molecule has 0 aliphatic rings. The molecule has 68 valence electrons. The van der Waals surface area contributed by atoms with Crippen molar-refractivity contribution in [3.05, 3.63) is 46.8 Å². The summed E-state index contributed by atoms with van der Waals surface area (Å²) in [5, 5.41) is 0.533. The van der Waals surface area contributed by atoms with E-state index in [9.17, 15) is 0 Å². The van der Waals surface area contributed by atoms with Gasteiger partial charge in [0.2, 0.25) is 0 Å². The van der Waals surface area contributed by atoms with Crippen LogP contribution in [0.15, 0.2) is 30.4 Å². The monoisotopic (exact) mass is 193 g/mol. The minimum atomic E-state index is 0.533. The van der Waals surface area contributed by atoms with Crippen molar-refractivity contribution in [1.82, 2.24) is 4.98 Å². The number of aromatic nitrogens is 1. The van der Waals surface area contributed by atoms with E-state index in [0.717, 1.165) is 16.8 Å². The van der Waals surface area contributed by atoms with Gasteiger partial charge in [-0.05, 0) is 25.5 Å². The maximum absolute atomic E-state index is 5.74. The van der Waals surface area contributed by atoms with Crippen LogP contribution in [0.2, 0.25) is 5.15 Å². The molecule has 0 aliphatic carbocycles. The Kier molecular flexibility index (Phi) is 3.26. The molecule has 1 nitrogen and oxygen atoms in total. The van der Waals surface area contributed by atoms with Gasteiger partial charge in [-0.15, -0.1) is 0 Å². The van der Waals surface area contributed by atoms with Gasteiger partial charge in [0.1, 0.15) is 5.15 Å². The highest BCUT2D eigenvalue weighted by Crippen LogP contribution is 2.14. The molecule has 0 aromatic carbocycles. The molecule has 0 saturated heterocycles. The van der Waals surface area contributed by atoms with E-state index < -0.39 is 0 Å². The smallest absolute Gasteiger partial charge is 0.129 e. The first-order valence-corrected chi connectivity index (χ1v) is 4.45. The van der Waals surface area contributed by atoms with Crippen LogP contribution >= 0.6 is 11.6 Å². The second-order valence-corrected chi connectivity index (χ2v) is 3.29. The van der Waals surface area contributed by atoms with Crippen LogP contribution in [0.3, 0.4) is 0 Å². The van der Waals surface area contributed by atoms with Crippen molar-refractivity contribution in [3.63, 3.8) is 0 Å². The minimum absolute atomic E-state index is 0.533. The molecule has 0 aliphatic heterocycles. The van der Waals surface area contributed by atoms with Crippen LogP contribution in [0.25, 0.3) is 6.08 Å². The number of nitrogens with zero attached hydrogens (tertiary/aromatic N) is 1. The number of halogens is 1. The van der Waals surface area contributed by atoms with Crippen molar-refractivity contribution in [2.75, 3.05) is 0 Å². The highest BCUT2D eigenvalue weighted by molar-refractivity contribution is 6.29. The SMILES string of the molecule is C=C/C(C)=C\c1ccc(Cl)nc1C. The predicted molar refractivity (Wildman–Crippen MR) is 57.8 cm³/mol. The number of hydrogen-bond acceptors (Lipinski definition) is 1. The Morgan fingerprint density at radius 2 is 2.23 bits per heavy atom. The van der Waals surface area contributed by atoms with Crippen molar-refractivity contribution in [2.45, 2.75) is 13.8 Å². The van der Waals surface area contributed by atoms with Gasteiger partial charge in [0, 0.05) is 5.69 Å². The van der Waals surface area contributed by atoms with Crippen LogP contribution in [0.5, 0.6) is 0 Å². The quantitative estimate of drug-likeness (QED) is 0.516. The lowest BCUT2D eigenvalue weighted by molar-refractivity contribution is 1.19. The third-order valence-corrected chi connectivity index (χ3v) is 2.01. The van der Waals surface area contributed by atoms with Gasteiger partial charge in [-0.3, -0.25) is 0 Å². The maximum Gasteiger partial charge on any atom is 0.129 e. The molecule has 0 bridgehead atoms. The van der Waals surface area contributed by atoms with Crippen LogP contribution in [-0.2, 0) is 0 Å². The zero-order valence-electron chi connectivity index (χ0n) is 7.84. The fourth-order valence-corrected chi connectivity index (χ4v) is 1.19. The van der Waals surface area contributed by atoms with Gasteiger partial charge in [0.15, 0.2) is 0 Å². The van der Waals surface area contributed by atoms with Gasteiger partial charge in [-0.25, -0.2) is 4.98 Å². The van der Waals surface area contributed by atoms with Crippen LogP contribution in [0.4, 0.5) is 0 Å². The van der Waals surface area contributed by atoms with E-state index in [1.54, 1.807) is 6.07 Å². The van der Waals surface area contributed by atoms with E-state index in [-0.39, 0.29) is 0 Å². The molecular weight excluding hydrogens is 182 g/mol. The van der Waals surface area contributed by atoms with Gasteiger partial charge < -0.3 is 0 Å². The second-order valence-electron chi connectivity index (χ2n) is 2.90. The molecule has 0 amide bonds. The largest absolute Gasteiger partial charge is 0.241 e. The summed E-state index contributed by atoms with van der Waals surface area (Å²) in [7, 11) is 0. The van der Waals surface area contributed by atoms with Gasteiger partial charge >= 0.3 is 0 Å². The lowest BCUT2D eigenvalue weighted by Crippen LogP contribution is -1.86. The summed E-state index contributed by atoms with van der Waals surface area (Å²) in [4.78, 5) is 4.15. The van der Waals surface area contributed by atoms with Gasteiger partial charge in [-0.1, -0.05) is 42.0 Å². The highest BCUT2D eigenvalue weighted by atomic mass is 35.5. The maximum atomic E-state index is 5.74. The van der Waals surface area contributed by atoms with E-state index in [1.807, 2.05) is 32.1 Å². The van der Waals surface area contributed by atoms with Crippen LogP contribution in [0.1, 0.15) is 18.2 Å². The Bertz CT molecular complexity index is 353. The Labute approximate surface area is 83.8 Å². The van der Waals surface area contributed by atoms with E-state index in [0.29, 0.717) is 5.15 Å². The molecule has 0 N–H and O–H groups in total. The zero-order valence-corrected chi connectivity index (χ0v) is 8.60. The standard InChI is InChI=1S/C11H12ClN/c1-4-8(2)7-10-5-6-11(12)13-9(10)3/h4-7H,1H2,2-3H3/b8-7-. The second kappa shape index (κ2) is 4.24. The number of hydrogen-bond donors (Lipinski definition) is 0. The molecule has 1 aromatic rings. The molecule has 1 heterocycles. The van der Waals surface area contributed by atoms with E-state index in [2.05, 4.69) is 11.6 Å². The Balaban J connectivity index is 3.09. The summed E-state index contributed by atoms with van der Waals surface area (Å²) in [6, 6.07) is 3.74. The van der Waals surface area contributed by atoms with Crippen molar-refractivity contribution in [3.8, 4) is 0 Å². The number of rotatable bonds is 2. The summed E-state index contributed by atoms with van der Waals surface area (Å²) in [6.45, 7) is 7.63. The molecule has 0 atom stereocenters. The molecule has 0 saturated carbocycles. The van der Waals surface area contributed by atoms with E-state index in [4.69, 9.17) is 11.6 Å².